The summed E-state index contributed by atoms with van der Waals surface area (Å²) in [4.78, 5) is 0. The van der Waals surface area contributed by atoms with E-state index in [2.05, 4.69) is 49.2 Å². The molecule has 1 heterocycles. The molecule has 0 spiro atoms. The van der Waals surface area contributed by atoms with Gasteiger partial charge >= 0.3 is 0 Å². The molecule has 1 rings (SSSR count). The van der Waals surface area contributed by atoms with Crippen molar-refractivity contribution in [2.45, 2.75) is 136 Å². The lowest BCUT2D eigenvalue weighted by atomic mass is 9.85. The van der Waals surface area contributed by atoms with Crippen LogP contribution in [0.25, 0.3) is 0 Å². The van der Waals surface area contributed by atoms with E-state index in [4.69, 9.17) is 0 Å². The topological polar surface area (TPSA) is 39.3 Å². The first-order chi connectivity index (χ1) is 12.2. The van der Waals surface area contributed by atoms with E-state index in [0.717, 1.165) is 0 Å². The molecule has 0 radical (unpaired) electrons. The van der Waals surface area contributed by atoms with Gasteiger partial charge < -0.3 is 0 Å². The van der Waals surface area contributed by atoms with Crippen molar-refractivity contribution in [2.24, 2.45) is 0 Å². The number of rotatable bonds is 16. The SMILES string of the molecule is CCCCCCCCCCCCCCC(CC)(CC)N1NNNC1C. The van der Waals surface area contributed by atoms with Crippen LogP contribution in [-0.2, 0) is 0 Å². The molecule has 0 amide bonds. The van der Waals surface area contributed by atoms with E-state index < -0.39 is 0 Å². The molecule has 0 aliphatic carbocycles. The zero-order chi connectivity index (χ0) is 18.4. The van der Waals surface area contributed by atoms with E-state index in [0.29, 0.717) is 6.17 Å². The van der Waals surface area contributed by atoms with Crippen LogP contribution in [0.15, 0.2) is 0 Å². The zero-order valence-electron chi connectivity index (χ0n) is 17.6. The molecule has 150 valence electrons. The Hall–Kier alpha value is -0.160. The van der Waals surface area contributed by atoms with Crippen molar-refractivity contribution < 1.29 is 0 Å². The second-order valence-corrected chi connectivity index (χ2v) is 8.00. The van der Waals surface area contributed by atoms with Gasteiger partial charge in [-0.05, 0) is 26.2 Å². The predicted molar refractivity (Wildman–Crippen MR) is 110 cm³/mol. The average Bonchev–Trinajstić information content (AvgIpc) is 3.06. The summed E-state index contributed by atoms with van der Waals surface area (Å²) >= 11 is 0. The second-order valence-electron chi connectivity index (χ2n) is 8.00. The normalized spacial score (nSPS) is 19.0. The minimum Gasteiger partial charge on any atom is -0.225 e. The van der Waals surface area contributed by atoms with Gasteiger partial charge in [-0.15, -0.1) is 0 Å². The van der Waals surface area contributed by atoms with Gasteiger partial charge in [-0.2, -0.15) is 11.1 Å². The highest BCUT2D eigenvalue weighted by molar-refractivity contribution is 4.89. The Morgan fingerprint density at radius 2 is 1.20 bits per heavy atom. The molecule has 0 aromatic heterocycles. The summed E-state index contributed by atoms with van der Waals surface area (Å²) in [6, 6.07) is 0. The van der Waals surface area contributed by atoms with Crippen LogP contribution in [0.5, 0.6) is 0 Å². The Kier molecular flexibility index (Phi) is 12.8. The summed E-state index contributed by atoms with van der Waals surface area (Å²) in [5, 5.41) is 2.39. The molecule has 25 heavy (non-hydrogen) atoms. The standard InChI is InChI=1S/C21H46N4/c1-5-8-9-10-11-12-13-14-15-16-17-18-19-21(6-2,7-3)25-20(4)22-23-24-25/h20,22-24H,5-19H2,1-4H3. The molecular weight excluding hydrogens is 308 g/mol. The van der Waals surface area contributed by atoms with Crippen LogP contribution in [-0.4, -0.2) is 16.7 Å². The fourth-order valence-electron chi connectivity index (χ4n) is 4.25. The maximum absolute atomic E-state index is 3.31. The van der Waals surface area contributed by atoms with Crippen LogP contribution < -0.4 is 16.5 Å². The summed E-state index contributed by atoms with van der Waals surface area (Å²) in [5.74, 6) is 0. The highest BCUT2D eigenvalue weighted by atomic mass is 15.9. The van der Waals surface area contributed by atoms with Gasteiger partial charge in [-0.25, -0.2) is 10.4 Å². The molecule has 0 saturated carbocycles. The lowest BCUT2D eigenvalue weighted by molar-refractivity contribution is 0.00983. The summed E-state index contributed by atoms with van der Waals surface area (Å²) < 4.78 is 0. The third-order valence-corrected chi connectivity index (χ3v) is 6.17. The number of nitrogens with zero attached hydrogens (tertiary/aromatic N) is 1. The van der Waals surface area contributed by atoms with Crippen LogP contribution in [0.2, 0.25) is 0 Å². The van der Waals surface area contributed by atoms with Crippen molar-refractivity contribution in [3.63, 3.8) is 0 Å². The Morgan fingerprint density at radius 3 is 1.60 bits per heavy atom. The van der Waals surface area contributed by atoms with Gasteiger partial charge in [-0.3, -0.25) is 0 Å². The third kappa shape index (κ3) is 8.38. The van der Waals surface area contributed by atoms with Gasteiger partial charge in [0.1, 0.15) is 0 Å². The molecule has 1 atom stereocenters. The highest BCUT2D eigenvalue weighted by Crippen LogP contribution is 2.31. The fraction of sp³-hybridized carbons (Fsp3) is 1.00. The maximum atomic E-state index is 3.31. The van der Waals surface area contributed by atoms with Gasteiger partial charge in [0.2, 0.25) is 0 Å². The van der Waals surface area contributed by atoms with Crippen LogP contribution in [0.1, 0.15) is 124 Å². The fourth-order valence-corrected chi connectivity index (χ4v) is 4.25. The Morgan fingerprint density at radius 1 is 0.720 bits per heavy atom. The van der Waals surface area contributed by atoms with E-state index in [1.165, 1.54) is 96.3 Å². The van der Waals surface area contributed by atoms with Gasteiger partial charge in [0, 0.05) is 5.54 Å². The average molecular weight is 355 g/mol. The summed E-state index contributed by atoms with van der Waals surface area (Å²) in [6.07, 6.45) is 21.1. The van der Waals surface area contributed by atoms with E-state index >= 15 is 0 Å². The minimum absolute atomic E-state index is 0.272. The first-order valence-electron chi connectivity index (χ1n) is 11.3. The van der Waals surface area contributed by atoms with Crippen LogP contribution >= 0.6 is 0 Å². The number of nitrogens with one attached hydrogen (secondary N) is 3. The van der Waals surface area contributed by atoms with Gasteiger partial charge in [0.15, 0.2) is 0 Å². The van der Waals surface area contributed by atoms with Crippen LogP contribution in [0.4, 0.5) is 0 Å². The summed E-state index contributed by atoms with van der Waals surface area (Å²) in [7, 11) is 0. The third-order valence-electron chi connectivity index (χ3n) is 6.17. The monoisotopic (exact) mass is 354 g/mol. The van der Waals surface area contributed by atoms with Crippen molar-refractivity contribution in [1.29, 1.82) is 0 Å². The van der Waals surface area contributed by atoms with Crippen molar-refractivity contribution in [3.05, 3.63) is 0 Å². The highest BCUT2D eigenvalue weighted by Gasteiger charge is 2.38. The summed E-state index contributed by atoms with van der Waals surface area (Å²) in [6.45, 7) is 9.17. The molecule has 1 aliphatic heterocycles. The molecule has 0 aromatic carbocycles. The number of hydrogen-bond acceptors (Lipinski definition) is 4. The molecule has 4 nitrogen and oxygen atoms in total. The smallest absolute Gasteiger partial charge is 0.0865 e. The maximum Gasteiger partial charge on any atom is 0.0865 e. The molecule has 1 unspecified atom stereocenters. The first kappa shape index (κ1) is 22.9. The van der Waals surface area contributed by atoms with Crippen LogP contribution in [0, 0.1) is 0 Å². The van der Waals surface area contributed by atoms with Crippen LogP contribution in [0.3, 0.4) is 0 Å². The molecule has 0 bridgehead atoms. The zero-order valence-corrected chi connectivity index (χ0v) is 17.6. The van der Waals surface area contributed by atoms with Gasteiger partial charge in [0.05, 0.1) is 6.17 Å². The Balaban J connectivity index is 2.05. The molecule has 1 saturated heterocycles. The lowest BCUT2D eigenvalue weighted by Crippen LogP contribution is -2.55. The van der Waals surface area contributed by atoms with Gasteiger partial charge in [-0.1, -0.05) is 97.8 Å². The van der Waals surface area contributed by atoms with Gasteiger partial charge in [0.25, 0.3) is 0 Å². The molecule has 4 heteroatoms. The predicted octanol–water partition coefficient (Wildman–Crippen LogP) is 5.81. The summed E-state index contributed by atoms with van der Waals surface area (Å²) in [5.41, 5.74) is 9.91. The Labute approximate surface area is 157 Å². The first-order valence-corrected chi connectivity index (χ1v) is 11.3. The molecule has 1 aliphatic rings. The van der Waals surface area contributed by atoms with Crippen molar-refractivity contribution in [3.8, 4) is 0 Å². The van der Waals surface area contributed by atoms with Crippen molar-refractivity contribution in [1.82, 2.24) is 21.5 Å². The minimum atomic E-state index is 0.272. The Bertz CT molecular complexity index is 304. The number of hydrogen-bond donors (Lipinski definition) is 3. The van der Waals surface area contributed by atoms with E-state index in [9.17, 15) is 0 Å². The second kappa shape index (κ2) is 14.0. The molecule has 3 N–H and O–H groups in total. The van der Waals surface area contributed by atoms with Crippen molar-refractivity contribution >= 4 is 0 Å². The molecule has 0 aromatic rings. The number of unbranched alkanes of at least 4 members (excludes halogenated alkanes) is 11. The quantitative estimate of drug-likeness (QED) is 0.306. The van der Waals surface area contributed by atoms with E-state index in [1.54, 1.807) is 0 Å². The molecule has 1 fully saturated rings. The van der Waals surface area contributed by atoms with E-state index in [1.807, 2.05) is 0 Å². The molecular formula is C21H46N4. The lowest BCUT2D eigenvalue weighted by Gasteiger charge is -2.42. The van der Waals surface area contributed by atoms with Crippen molar-refractivity contribution in [2.75, 3.05) is 0 Å². The largest absolute Gasteiger partial charge is 0.225 e. The number of hydrazine groups is 3. The van der Waals surface area contributed by atoms with E-state index in [-0.39, 0.29) is 5.54 Å².